The zero-order valence-corrected chi connectivity index (χ0v) is 10.8. The van der Waals surface area contributed by atoms with E-state index in [9.17, 15) is 5.11 Å². The summed E-state index contributed by atoms with van der Waals surface area (Å²) in [7, 11) is 1.67. The molecule has 0 fully saturated rings. The molecule has 17 heavy (non-hydrogen) atoms. The maximum Gasteiger partial charge on any atom is 0.119 e. The number of aryl methyl sites for hydroxylation is 1. The Hall–Kier alpha value is -1.06. The number of hydrogen-bond donors (Lipinski definition) is 1. The quantitative estimate of drug-likeness (QED) is 0.793. The molecular formula is C14H22O3. The van der Waals surface area contributed by atoms with Crippen molar-refractivity contribution < 1.29 is 14.6 Å². The van der Waals surface area contributed by atoms with Gasteiger partial charge in [-0.2, -0.15) is 0 Å². The molecule has 2 unspecified atom stereocenters. The standard InChI is InChI=1S/C14H22O3/c1-11(15)4-5-13-6-8-14(9-7-13)17-10-12(2)16-3/h6-9,11-12,15H,4-5,10H2,1-3H3. The molecule has 0 bridgehead atoms. The molecule has 0 heterocycles. The Bertz CT molecular complexity index is 306. The average Bonchev–Trinajstić information content (AvgIpc) is 2.34. The first-order valence-corrected chi connectivity index (χ1v) is 6.04. The van der Waals surface area contributed by atoms with Gasteiger partial charge in [-0.3, -0.25) is 0 Å². The lowest BCUT2D eigenvalue weighted by molar-refractivity contribution is 0.0716. The van der Waals surface area contributed by atoms with E-state index in [4.69, 9.17) is 9.47 Å². The molecule has 3 heteroatoms. The van der Waals surface area contributed by atoms with Gasteiger partial charge in [-0.25, -0.2) is 0 Å². The molecule has 0 aliphatic carbocycles. The Morgan fingerprint density at radius 1 is 1.18 bits per heavy atom. The van der Waals surface area contributed by atoms with E-state index < -0.39 is 0 Å². The first-order valence-electron chi connectivity index (χ1n) is 6.04. The van der Waals surface area contributed by atoms with E-state index in [-0.39, 0.29) is 12.2 Å². The highest BCUT2D eigenvalue weighted by Gasteiger charge is 2.02. The molecule has 1 rings (SSSR count). The van der Waals surface area contributed by atoms with E-state index in [0.29, 0.717) is 6.61 Å². The summed E-state index contributed by atoms with van der Waals surface area (Å²) in [4.78, 5) is 0. The van der Waals surface area contributed by atoms with Crippen molar-refractivity contribution in [2.75, 3.05) is 13.7 Å². The summed E-state index contributed by atoms with van der Waals surface area (Å²) in [6.07, 6.45) is 1.55. The van der Waals surface area contributed by atoms with Crippen molar-refractivity contribution in [2.24, 2.45) is 0 Å². The van der Waals surface area contributed by atoms with Gasteiger partial charge in [-0.05, 0) is 44.4 Å². The number of aliphatic hydroxyl groups excluding tert-OH is 1. The van der Waals surface area contributed by atoms with E-state index in [1.54, 1.807) is 7.11 Å². The van der Waals surface area contributed by atoms with E-state index in [1.165, 1.54) is 5.56 Å². The van der Waals surface area contributed by atoms with Gasteiger partial charge >= 0.3 is 0 Å². The highest BCUT2D eigenvalue weighted by atomic mass is 16.5. The monoisotopic (exact) mass is 238 g/mol. The molecule has 0 saturated heterocycles. The molecule has 96 valence electrons. The molecule has 1 N–H and O–H groups in total. The van der Waals surface area contributed by atoms with Gasteiger partial charge in [0.15, 0.2) is 0 Å². The molecule has 0 saturated carbocycles. The molecule has 0 aromatic heterocycles. The summed E-state index contributed by atoms with van der Waals surface area (Å²) in [5, 5.41) is 9.20. The summed E-state index contributed by atoms with van der Waals surface area (Å²) < 4.78 is 10.7. The third kappa shape index (κ3) is 5.71. The maximum absolute atomic E-state index is 9.20. The van der Waals surface area contributed by atoms with Crippen LogP contribution in [0.2, 0.25) is 0 Å². The van der Waals surface area contributed by atoms with Gasteiger partial charge in [0.2, 0.25) is 0 Å². The number of hydrogen-bond acceptors (Lipinski definition) is 3. The van der Waals surface area contributed by atoms with Gasteiger partial charge in [-0.1, -0.05) is 12.1 Å². The summed E-state index contributed by atoms with van der Waals surface area (Å²) in [5.41, 5.74) is 1.22. The predicted molar refractivity (Wildman–Crippen MR) is 68.4 cm³/mol. The molecule has 1 aromatic rings. The number of benzene rings is 1. The van der Waals surface area contributed by atoms with Crippen LogP contribution in [-0.2, 0) is 11.2 Å². The fourth-order valence-electron chi connectivity index (χ4n) is 1.41. The van der Waals surface area contributed by atoms with Gasteiger partial charge < -0.3 is 14.6 Å². The molecule has 2 atom stereocenters. The van der Waals surface area contributed by atoms with Gasteiger partial charge in [0.05, 0.1) is 12.2 Å². The summed E-state index contributed by atoms with van der Waals surface area (Å²) in [6.45, 7) is 4.34. The zero-order chi connectivity index (χ0) is 12.7. The topological polar surface area (TPSA) is 38.7 Å². The SMILES string of the molecule is COC(C)COc1ccc(CCC(C)O)cc1. The number of ether oxygens (including phenoxy) is 2. The van der Waals surface area contributed by atoms with Crippen molar-refractivity contribution >= 4 is 0 Å². The van der Waals surface area contributed by atoms with Gasteiger partial charge in [0.25, 0.3) is 0 Å². The van der Waals surface area contributed by atoms with E-state index in [1.807, 2.05) is 38.1 Å². The van der Waals surface area contributed by atoms with E-state index in [2.05, 4.69) is 0 Å². The van der Waals surface area contributed by atoms with Crippen molar-refractivity contribution in [1.29, 1.82) is 0 Å². The average molecular weight is 238 g/mol. The minimum absolute atomic E-state index is 0.102. The third-order valence-electron chi connectivity index (χ3n) is 2.66. The zero-order valence-electron chi connectivity index (χ0n) is 10.8. The Morgan fingerprint density at radius 3 is 2.35 bits per heavy atom. The maximum atomic E-state index is 9.20. The Kier molecular flexibility index (Phi) is 6.01. The third-order valence-corrected chi connectivity index (χ3v) is 2.66. The minimum Gasteiger partial charge on any atom is -0.491 e. The van der Waals surface area contributed by atoms with Crippen LogP contribution < -0.4 is 4.74 Å². The van der Waals surface area contributed by atoms with Crippen molar-refractivity contribution in [3.63, 3.8) is 0 Å². The minimum atomic E-state index is -0.242. The molecule has 0 aliphatic rings. The fourth-order valence-corrected chi connectivity index (χ4v) is 1.41. The van der Waals surface area contributed by atoms with Crippen LogP contribution in [0.5, 0.6) is 5.75 Å². The number of methoxy groups -OCH3 is 1. The van der Waals surface area contributed by atoms with Crippen molar-refractivity contribution in [1.82, 2.24) is 0 Å². The summed E-state index contributed by atoms with van der Waals surface area (Å²) in [6, 6.07) is 7.99. The van der Waals surface area contributed by atoms with Crippen molar-refractivity contribution in [3.05, 3.63) is 29.8 Å². The first kappa shape index (κ1) is 14.0. The van der Waals surface area contributed by atoms with E-state index in [0.717, 1.165) is 18.6 Å². The molecule has 1 aromatic carbocycles. The van der Waals surface area contributed by atoms with Crippen LogP contribution >= 0.6 is 0 Å². The number of rotatable bonds is 7. The molecule has 0 spiro atoms. The van der Waals surface area contributed by atoms with Gasteiger partial charge in [0.1, 0.15) is 12.4 Å². The van der Waals surface area contributed by atoms with Crippen LogP contribution in [0.15, 0.2) is 24.3 Å². The lowest BCUT2D eigenvalue weighted by Crippen LogP contribution is -2.15. The second-order valence-electron chi connectivity index (χ2n) is 4.39. The van der Waals surface area contributed by atoms with Crippen LogP contribution in [0.4, 0.5) is 0 Å². The Balaban J connectivity index is 2.39. The molecule has 0 amide bonds. The second kappa shape index (κ2) is 7.30. The highest BCUT2D eigenvalue weighted by molar-refractivity contribution is 5.27. The van der Waals surface area contributed by atoms with E-state index >= 15 is 0 Å². The van der Waals surface area contributed by atoms with Crippen molar-refractivity contribution in [2.45, 2.75) is 38.9 Å². The van der Waals surface area contributed by atoms with Crippen LogP contribution in [0.1, 0.15) is 25.8 Å². The predicted octanol–water partition coefficient (Wildman–Crippen LogP) is 2.41. The Morgan fingerprint density at radius 2 is 1.82 bits per heavy atom. The van der Waals surface area contributed by atoms with Gasteiger partial charge in [-0.15, -0.1) is 0 Å². The lowest BCUT2D eigenvalue weighted by atomic mass is 10.1. The lowest BCUT2D eigenvalue weighted by Gasteiger charge is -2.11. The largest absolute Gasteiger partial charge is 0.491 e. The number of aliphatic hydroxyl groups is 1. The molecule has 3 nitrogen and oxygen atoms in total. The van der Waals surface area contributed by atoms with Crippen LogP contribution in [0.3, 0.4) is 0 Å². The smallest absolute Gasteiger partial charge is 0.119 e. The van der Waals surface area contributed by atoms with Crippen molar-refractivity contribution in [3.8, 4) is 5.75 Å². The van der Waals surface area contributed by atoms with Crippen LogP contribution in [-0.4, -0.2) is 31.0 Å². The Labute approximate surface area is 103 Å². The molecule has 0 aliphatic heterocycles. The first-order chi connectivity index (χ1) is 8.11. The molecule has 0 radical (unpaired) electrons. The van der Waals surface area contributed by atoms with Crippen LogP contribution in [0.25, 0.3) is 0 Å². The summed E-state index contributed by atoms with van der Waals surface area (Å²) >= 11 is 0. The molecular weight excluding hydrogens is 216 g/mol. The normalized spacial score (nSPS) is 14.4. The fraction of sp³-hybridized carbons (Fsp3) is 0.571. The summed E-state index contributed by atoms with van der Waals surface area (Å²) in [5.74, 6) is 0.856. The highest BCUT2D eigenvalue weighted by Crippen LogP contribution is 2.14. The van der Waals surface area contributed by atoms with Gasteiger partial charge in [0, 0.05) is 7.11 Å². The van der Waals surface area contributed by atoms with Crippen LogP contribution in [0, 0.1) is 0 Å². The second-order valence-corrected chi connectivity index (χ2v) is 4.39.